The van der Waals surface area contributed by atoms with Crippen LogP contribution in [-0.2, 0) is 24.7 Å². The minimum atomic E-state index is -0.965. The molecule has 1 amide bonds. The topological polar surface area (TPSA) is 84.2 Å². The van der Waals surface area contributed by atoms with E-state index in [2.05, 4.69) is 10.4 Å². The molecule has 23 heavy (non-hydrogen) atoms. The van der Waals surface area contributed by atoms with Gasteiger partial charge in [0, 0.05) is 18.3 Å². The van der Waals surface area contributed by atoms with Gasteiger partial charge in [-0.2, -0.15) is 5.10 Å². The monoisotopic (exact) mass is 313 g/mol. The van der Waals surface area contributed by atoms with Crippen LogP contribution in [0.1, 0.15) is 46.1 Å². The minimum Gasteiger partial charge on any atom is -0.478 e. The fourth-order valence-electron chi connectivity index (χ4n) is 3.05. The first-order valence-corrected chi connectivity index (χ1v) is 7.67. The van der Waals surface area contributed by atoms with Gasteiger partial charge in [0.15, 0.2) is 0 Å². The van der Waals surface area contributed by atoms with Crippen LogP contribution >= 0.6 is 0 Å². The third-order valence-electron chi connectivity index (χ3n) is 4.28. The Hall–Kier alpha value is -2.63. The molecule has 1 aromatic heterocycles. The maximum atomic E-state index is 12.3. The number of carbonyl (C=O) groups excluding carboxylic acids is 1. The molecule has 1 unspecified atom stereocenters. The van der Waals surface area contributed by atoms with Crippen LogP contribution in [0.25, 0.3) is 0 Å². The Morgan fingerprint density at radius 3 is 2.78 bits per heavy atom. The predicted molar refractivity (Wildman–Crippen MR) is 84.1 cm³/mol. The molecule has 120 valence electrons. The van der Waals surface area contributed by atoms with E-state index in [1.807, 2.05) is 17.9 Å². The number of hydrogen-bond acceptors (Lipinski definition) is 3. The van der Waals surface area contributed by atoms with Gasteiger partial charge >= 0.3 is 5.97 Å². The molecular weight excluding hydrogens is 294 g/mol. The molecule has 1 atom stereocenters. The fourth-order valence-corrected chi connectivity index (χ4v) is 3.05. The highest BCUT2D eigenvalue weighted by Gasteiger charge is 2.24. The quantitative estimate of drug-likeness (QED) is 0.902. The summed E-state index contributed by atoms with van der Waals surface area (Å²) in [4.78, 5) is 23.1. The lowest BCUT2D eigenvalue weighted by atomic mass is 9.93. The summed E-state index contributed by atoms with van der Waals surface area (Å²) in [5.74, 6) is -1.03. The average Bonchev–Trinajstić information content (AvgIpc) is 2.90. The molecule has 0 bridgehead atoms. The summed E-state index contributed by atoms with van der Waals surface area (Å²) in [6.07, 6.45) is 5.02. The van der Waals surface area contributed by atoms with Gasteiger partial charge in [-0.25, -0.2) is 4.79 Å². The van der Waals surface area contributed by atoms with Crippen LogP contribution in [0, 0.1) is 0 Å². The van der Waals surface area contributed by atoms with E-state index >= 15 is 0 Å². The second kappa shape index (κ2) is 6.24. The highest BCUT2D eigenvalue weighted by atomic mass is 16.4. The van der Waals surface area contributed by atoms with Crippen molar-refractivity contribution in [3.05, 3.63) is 52.8 Å². The van der Waals surface area contributed by atoms with Gasteiger partial charge in [-0.05, 0) is 37.0 Å². The number of nitrogens with zero attached hydrogens (tertiary/aromatic N) is 2. The van der Waals surface area contributed by atoms with Crippen LogP contribution in [0.3, 0.4) is 0 Å². The SMILES string of the molecule is Cn1ncc2c1CCCC2NC(=O)Cc1ccc(C(=O)O)cc1. The van der Waals surface area contributed by atoms with E-state index in [0.717, 1.165) is 30.4 Å². The Balaban J connectivity index is 1.65. The molecule has 0 radical (unpaired) electrons. The van der Waals surface area contributed by atoms with Crippen LogP contribution in [0.4, 0.5) is 0 Å². The summed E-state index contributed by atoms with van der Waals surface area (Å²) in [5.41, 5.74) is 3.32. The summed E-state index contributed by atoms with van der Waals surface area (Å²) in [7, 11) is 1.92. The van der Waals surface area contributed by atoms with Gasteiger partial charge in [0.25, 0.3) is 0 Å². The van der Waals surface area contributed by atoms with Gasteiger partial charge in [0.05, 0.1) is 24.2 Å². The summed E-state index contributed by atoms with van der Waals surface area (Å²) in [5, 5.41) is 16.2. The Labute approximate surface area is 134 Å². The molecule has 0 saturated heterocycles. The summed E-state index contributed by atoms with van der Waals surface area (Å²) in [6, 6.07) is 6.41. The number of aromatic carboxylic acids is 1. The molecule has 1 aromatic carbocycles. The Morgan fingerprint density at radius 2 is 2.09 bits per heavy atom. The number of rotatable bonds is 4. The minimum absolute atomic E-state index is 0.0123. The van der Waals surface area contributed by atoms with Gasteiger partial charge in [-0.3, -0.25) is 9.48 Å². The maximum Gasteiger partial charge on any atom is 0.335 e. The number of fused-ring (bicyclic) bond motifs is 1. The third kappa shape index (κ3) is 3.26. The zero-order valence-electron chi connectivity index (χ0n) is 13.0. The zero-order chi connectivity index (χ0) is 16.4. The second-order valence-electron chi connectivity index (χ2n) is 5.86. The van der Waals surface area contributed by atoms with Crippen LogP contribution in [0.15, 0.2) is 30.5 Å². The van der Waals surface area contributed by atoms with Crippen LogP contribution in [0.5, 0.6) is 0 Å². The number of nitrogens with one attached hydrogen (secondary N) is 1. The van der Waals surface area contributed by atoms with Crippen LogP contribution in [0.2, 0.25) is 0 Å². The zero-order valence-corrected chi connectivity index (χ0v) is 13.0. The molecule has 2 N–H and O–H groups in total. The number of benzene rings is 1. The summed E-state index contributed by atoms with van der Waals surface area (Å²) in [6.45, 7) is 0. The molecule has 0 fully saturated rings. The second-order valence-corrected chi connectivity index (χ2v) is 5.86. The van der Waals surface area contributed by atoms with Crippen molar-refractivity contribution in [3.63, 3.8) is 0 Å². The normalized spacial score (nSPS) is 16.7. The number of carboxylic acids is 1. The van der Waals surface area contributed by atoms with Crippen LogP contribution < -0.4 is 5.32 Å². The average molecular weight is 313 g/mol. The number of aryl methyl sites for hydroxylation is 1. The molecule has 0 spiro atoms. The number of hydrogen-bond donors (Lipinski definition) is 2. The maximum absolute atomic E-state index is 12.3. The Morgan fingerprint density at radius 1 is 1.35 bits per heavy atom. The molecule has 3 rings (SSSR count). The number of carbonyl (C=O) groups is 2. The summed E-state index contributed by atoms with van der Waals surface area (Å²) >= 11 is 0. The van der Waals surface area contributed by atoms with Crippen molar-refractivity contribution in [3.8, 4) is 0 Å². The van der Waals surface area contributed by atoms with Crippen molar-refractivity contribution in [1.82, 2.24) is 15.1 Å². The Bertz CT molecular complexity index is 734. The first-order chi connectivity index (χ1) is 11.0. The van der Waals surface area contributed by atoms with E-state index in [0.29, 0.717) is 0 Å². The van der Waals surface area contributed by atoms with Gasteiger partial charge in [0.1, 0.15) is 0 Å². The number of aromatic nitrogens is 2. The van der Waals surface area contributed by atoms with Crippen molar-refractivity contribution in [2.24, 2.45) is 7.05 Å². The van der Waals surface area contributed by atoms with Gasteiger partial charge in [0.2, 0.25) is 5.91 Å². The van der Waals surface area contributed by atoms with Crippen LogP contribution in [-0.4, -0.2) is 26.8 Å². The highest BCUT2D eigenvalue weighted by Crippen LogP contribution is 2.29. The molecule has 1 heterocycles. The van der Waals surface area contributed by atoms with E-state index in [4.69, 9.17) is 5.11 Å². The molecule has 1 aliphatic carbocycles. The van der Waals surface area contributed by atoms with Gasteiger partial charge in [-0.15, -0.1) is 0 Å². The van der Waals surface area contributed by atoms with E-state index in [-0.39, 0.29) is 23.9 Å². The van der Waals surface area contributed by atoms with Crippen molar-refractivity contribution in [2.45, 2.75) is 31.7 Å². The molecule has 1 aliphatic rings. The lowest BCUT2D eigenvalue weighted by molar-refractivity contribution is -0.121. The van der Waals surface area contributed by atoms with E-state index in [9.17, 15) is 9.59 Å². The predicted octanol–water partition coefficient (Wildman–Crippen LogP) is 1.85. The van der Waals surface area contributed by atoms with E-state index in [1.54, 1.807) is 12.1 Å². The third-order valence-corrected chi connectivity index (χ3v) is 4.28. The van der Waals surface area contributed by atoms with E-state index in [1.165, 1.54) is 17.8 Å². The van der Waals surface area contributed by atoms with Crippen molar-refractivity contribution < 1.29 is 14.7 Å². The first-order valence-electron chi connectivity index (χ1n) is 7.67. The highest BCUT2D eigenvalue weighted by molar-refractivity contribution is 5.87. The van der Waals surface area contributed by atoms with Gasteiger partial charge in [-0.1, -0.05) is 12.1 Å². The largest absolute Gasteiger partial charge is 0.478 e. The van der Waals surface area contributed by atoms with E-state index < -0.39 is 5.97 Å². The van der Waals surface area contributed by atoms with Crippen molar-refractivity contribution in [1.29, 1.82) is 0 Å². The molecule has 6 heteroatoms. The molecular formula is C17H19N3O3. The first kappa shape index (κ1) is 15.3. The molecule has 0 saturated carbocycles. The molecule has 6 nitrogen and oxygen atoms in total. The summed E-state index contributed by atoms with van der Waals surface area (Å²) < 4.78 is 1.87. The number of carboxylic acid groups (broad SMARTS) is 1. The van der Waals surface area contributed by atoms with Crippen molar-refractivity contribution >= 4 is 11.9 Å². The smallest absolute Gasteiger partial charge is 0.335 e. The fraction of sp³-hybridized carbons (Fsp3) is 0.353. The van der Waals surface area contributed by atoms with Gasteiger partial charge < -0.3 is 10.4 Å². The Kier molecular flexibility index (Phi) is 4.14. The molecule has 0 aliphatic heterocycles. The van der Waals surface area contributed by atoms with Crippen molar-refractivity contribution in [2.75, 3.05) is 0 Å². The lowest BCUT2D eigenvalue weighted by Crippen LogP contribution is -2.32. The number of amides is 1. The standard InChI is InChI=1S/C17H19N3O3/c1-20-15-4-2-3-14(13(15)10-18-20)19-16(21)9-11-5-7-12(8-6-11)17(22)23/h5-8,10,14H,2-4,9H2,1H3,(H,19,21)(H,22,23). The lowest BCUT2D eigenvalue weighted by Gasteiger charge is -2.23. The molecule has 2 aromatic rings.